The number of amides is 1. The highest BCUT2D eigenvalue weighted by Gasteiger charge is 2.23. The molecule has 0 saturated carbocycles. The summed E-state index contributed by atoms with van der Waals surface area (Å²) in [6, 6.07) is 13.5. The van der Waals surface area contributed by atoms with E-state index < -0.39 is 22.9 Å². The van der Waals surface area contributed by atoms with Gasteiger partial charge in [0, 0.05) is 18.5 Å². The van der Waals surface area contributed by atoms with E-state index in [1.54, 1.807) is 0 Å². The summed E-state index contributed by atoms with van der Waals surface area (Å²) in [5.41, 5.74) is 0.728. The van der Waals surface area contributed by atoms with Gasteiger partial charge >= 0.3 is 11.7 Å². The molecule has 2 aromatic carbocycles. The number of hydrogen-bond acceptors (Lipinski definition) is 6. The molecule has 0 spiro atoms. The van der Waals surface area contributed by atoms with Gasteiger partial charge in [0.2, 0.25) is 0 Å². The Bertz CT molecular complexity index is 869. The molecule has 0 saturated heterocycles. The van der Waals surface area contributed by atoms with Gasteiger partial charge in [0.25, 0.3) is 5.91 Å². The first kappa shape index (κ1) is 21.9. The van der Waals surface area contributed by atoms with E-state index in [-0.39, 0.29) is 22.9 Å². The second-order valence-electron chi connectivity index (χ2n) is 6.45. The van der Waals surface area contributed by atoms with Gasteiger partial charge in [0.15, 0.2) is 11.9 Å². The van der Waals surface area contributed by atoms with E-state index >= 15 is 0 Å². The van der Waals surface area contributed by atoms with Gasteiger partial charge in [-0.2, -0.15) is 0 Å². The molecule has 0 unspecified atom stereocenters. The lowest BCUT2D eigenvalue weighted by molar-refractivity contribution is -0.385. The van der Waals surface area contributed by atoms with Crippen LogP contribution in [0.1, 0.15) is 42.1 Å². The van der Waals surface area contributed by atoms with Crippen LogP contribution in [0.25, 0.3) is 0 Å². The summed E-state index contributed by atoms with van der Waals surface area (Å²) < 4.78 is 10.1. The number of hydrogen-bond donors (Lipinski definition) is 1. The van der Waals surface area contributed by atoms with Crippen molar-refractivity contribution in [3.63, 3.8) is 0 Å². The lowest BCUT2D eigenvalue weighted by atomic mass is 9.96. The Labute approximate surface area is 169 Å². The Balaban J connectivity index is 1.97. The molecule has 0 aromatic heterocycles. The van der Waals surface area contributed by atoms with Crippen LogP contribution in [0.15, 0.2) is 48.5 Å². The molecular formula is C21H24N2O6. The number of methoxy groups -OCH3 is 1. The van der Waals surface area contributed by atoms with E-state index in [0.717, 1.165) is 18.1 Å². The van der Waals surface area contributed by atoms with Crippen LogP contribution >= 0.6 is 0 Å². The van der Waals surface area contributed by atoms with Gasteiger partial charge in [-0.25, -0.2) is 4.79 Å². The molecule has 2 atom stereocenters. The second kappa shape index (κ2) is 10.2. The number of benzene rings is 2. The average Bonchev–Trinajstić information content (AvgIpc) is 2.74. The number of ether oxygens (including phenoxy) is 2. The molecule has 0 radical (unpaired) electrons. The minimum atomic E-state index is -1.04. The monoisotopic (exact) mass is 400 g/mol. The first-order valence-corrected chi connectivity index (χ1v) is 9.23. The highest BCUT2D eigenvalue weighted by atomic mass is 16.6. The predicted octanol–water partition coefficient (Wildman–Crippen LogP) is 3.46. The third kappa shape index (κ3) is 5.78. The Morgan fingerprint density at radius 3 is 2.45 bits per heavy atom. The molecule has 2 rings (SSSR count). The van der Waals surface area contributed by atoms with E-state index in [2.05, 4.69) is 5.32 Å². The second-order valence-corrected chi connectivity index (χ2v) is 6.45. The number of carbonyl (C=O) groups excluding carboxylic acids is 2. The number of nitrogens with one attached hydrogen (secondary N) is 1. The van der Waals surface area contributed by atoms with Crippen LogP contribution in [0, 0.1) is 10.1 Å². The SMILES string of the molecule is CC[C@@H](CNC(=O)[C@@H](C)OC(=O)c1ccc(OC)c([N+](=O)[O-])c1)c1ccccc1. The van der Waals surface area contributed by atoms with Crippen molar-refractivity contribution in [2.45, 2.75) is 32.3 Å². The summed E-state index contributed by atoms with van der Waals surface area (Å²) in [6.07, 6.45) is -0.203. The van der Waals surface area contributed by atoms with Gasteiger partial charge < -0.3 is 14.8 Å². The van der Waals surface area contributed by atoms with Gasteiger partial charge in [-0.3, -0.25) is 14.9 Å². The van der Waals surface area contributed by atoms with Crippen molar-refractivity contribution in [1.29, 1.82) is 0 Å². The predicted molar refractivity (Wildman–Crippen MR) is 107 cm³/mol. The molecule has 1 amide bonds. The van der Waals surface area contributed by atoms with Crippen molar-refractivity contribution in [2.24, 2.45) is 0 Å². The number of carbonyl (C=O) groups is 2. The Kier molecular flexibility index (Phi) is 7.70. The van der Waals surface area contributed by atoms with Crippen LogP contribution in [-0.4, -0.2) is 36.6 Å². The van der Waals surface area contributed by atoms with Crippen LogP contribution in [0.3, 0.4) is 0 Å². The molecule has 0 fully saturated rings. The zero-order chi connectivity index (χ0) is 21.4. The Morgan fingerprint density at radius 1 is 1.17 bits per heavy atom. The van der Waals surface area contributed by atoms with Crippen molar-refractivity contribution in [3.8, 4) is 5.75 Å². The van der Waals surface area contributed by atoms with Crippen LogP contribution in [-0.2, 0) is 9.53 Å². The third-order valence-electron chi connectivity index (χ3n) is 4.55. The van der Waals surface area contributed by atoms with Gasteiger partial charge in [0.1, 0.15) is 0 Å². The van der Waals surface area contributed by atoms with E-state index in [9.17, 15) is 19.7 Å². The van der Waals surface area contributed by atoms with E-state index in [0.29, 0.717) is 6.54 Å². The van der Waals surface area contributed by atoms with Gasteiger partial charge in [-0.15, -0.1) is 0 Å². The van der Waals surface area contributed by atoms with E-state index in [1.165, 1.54) is 26.2 Å². The standard InChI is InChI=1S/C21H24N2O6/c1-4-15(16-8-6-5-7-9-16)13-22-20(24)14(2)29-21(25)17-10-11-19(28-3)18(12-17)23(26)27/h5-12,14-15H,4,13H2,1-3H3,(H,22,24)/t14-,15+/m1/s1. The molecule has 2 aromatic rings. The normalized spacial score (nSPS) is 12.5. The quantitative estimate of drug-likeness (QED) is 0.392. The van der Waals surface area contributed by atoms with Crippen molar-refractivity contribution >= 4 is 17.6 Å². The summed E-state index contributed by atoms with van der Waals surface area (Å²) in [5.74, 6) is -1.08. The molecule has 0 aliphatic rings. The maximum atomic E-state index is 12.3. The van der Waals surface area contributed by atoms with Crippen LogP contribution in [0.2, 0.25) is 0 Å². The highest BCUT2D eigenvalue weighted by Crippen LogP contribution is 2.28. The molecule has 8 heteroatoms. The summed E-state index contributed by atoms with van der Waals surface area (Å²) in [4.78, 5) is 35.0. The van der Waals surface area contributed by atoms with Crippen molar-refractivity contribution in [2.75, 3.05) is 13.7 Å². The lowest BCUT2D eigenvalue weighted by Crippen LogP contribution is -2.38. The number of nitro benzene ring substituents is 1. The van der Waals surface area contributed by atoms with Crippen molar-refractivity contribution < 1.29 is 24.0 Å². The minimum Gasteiger partial charge on any atom is -0.490 e. The largest absolute Gasteiger partial charge is 0.490 e. The molecule has 154 valence electrons. The molecule has 0 aliphatic carbocycles. The minimum absolute atomic E-state index is 0.0314. The lowest BCUT2D eigenvalue weighted by Gasteiger charge is -2.18. The third-order valence-corrected chi connectivity index (χ3v) is 4.55. The van der Waals surface area contributed by atoms with Gasteiger partial charge in [0.05, 0.1) is 17.6 Å². The fraction of sp³-hybridized carbons (Fsp3) is 0.333. The number of rotatable bonds is 9. The number of nitrogens with zero attached hydrogens (tertiary/aromatic N) is 1. The zero-order valence-corrected chi connectivity index (χ0v) is 16.6. The summed E-state index contributed by atoms with van der Waals surface area (Å²) >= 11 is 0. The topological polar surface area (TPSA) is 108 Å². The fourth-order valence-corrected chi connectivity index (χ4v) is 2.83. The maximum absolute atomic E-state index is 12.3. The summed E-state index contributed by atoms with van der Waals surface area (Å²) in [6.45, 7) is 3.90. The van der Waals surface area contributed by atoms with Gasteiger partial charge in [-0.1, -0.05) is 37.3 Å². The Hall–Kier alpha value is -3.42. The van der Waals surface area contributed by atoms with E-state index in [4.69, 9.17) is 9.47 Å². The molecule has 0 heterocycles. The van der Waals surface area contributed by atoms with E-state index in [1.807, 2.05) is 37.3 Å². The number of nitro groups is 1. The smallest absolute Gasteiger partial charge is 0.339 e. The summed E-state index contributed by atoms with van der Waals surface area (Å²) in [7, 11) is 1.30. The fourth-order valence-electron chi connectivity index (χ4n) is 2.83. The average molecular weight is 400 g/mol. The number of esters is 1. The molecule has 8 nitrogen and oxygen atoms in total. The van der Waals surface area contributed by atoms with Gasteiger partial charge in [-0.05, 0) is 31.0 Å². The first-order chi connectivity index (χ1) is 13.9. The Morgan fingerprint density at radius 2 is 1.86 bits per heavy atom. The molecular weight excluding hydrogens is 376 g/mol. The van der Waals surface area contributed by atoms with Crippen LogP contribution in [0.5, 0.6) is 5.75 Å². The van der Waals surface area contributed by atoms with Crippen molar-refractivity contribution in [1.82, 2.24) is 5.32 Å². The van der Waals surface area contributed by atoms with Crippen LogP contribution < -0.4 is 10.1 Å². The van der Waals surface area contributed by atoms with Crippen molar-refractivity contribution in [3.05, 3.63) is 69.8 Å². The maximum Gasteiger partial charge on any atom is 0.339 e. The zero-order valence-electron chi connectivity index (χ0n) is 16.6. The highest BCUT2D eigenvalue weighted by molar-refractivity contribution is 5.93. The first-order valence-electron chi connectivity index (χ1n) is 9.23. The molecule has 1 N–H and O–H groups in total. The van der Waals surface area contributed by atoms with Crippen LogP contribution in [0.4, 0.5) is 5.69 Å². The molecule has 29 heavy (non-hydrogen) atoms. The summed E-state index contributed by atoms with van der Waals surface area (Å²) in [5, 5.41) is 13.9. The molecule has 0 bridgehead atoms. The molecule has 0 aliphatic heterocycles.